The topological polar surface area (TPSA) is 17.3 Å². The molecule has 19 heavy (non-hydrogen) atoms. The van der Waals surface area contributed by atoms with E-state index in [4.69, 9.17) is 0 Å². The van der Waals surface area contributed by atoms with Crippen LogP contribution >= 0.6 is 15.9 Å². The average molecular weight is 317 g/mol. The van der Waals surface area contributed by atoms with Crippen molar-refractivity contribution >= 4 is 21.6 Å². The van der Waals surface area contributed by atoms with Gasteiger partial charge in [0.15, 0.2) is 0 Å². The monoisotopic (exact) mass is 316 g/mol. The van der Waals surface area contributed by atoms with Gasteiger partial charge in [-0.15, -0.1) is 0 Å². The van der Waals surface area contributed by atoms with E-state index in [9.17, 15) is 4.39 Å². The Morgan fingerprint density at radius 2 is 2.11 bits per heavy atom. The lowest BCUT2D eigenvalue weighted by Crippen LogP contribution is -1.97. The van der Waals surface area contributed by atoms with Gasteiger partial charge in [0.05, 0.1) is 11.4 Å². The predicted octanol–water partition coefficient (Wildman–Crippen LogP) is 4.12. The molecule has 0 saturated heterocycles. The van der Waals surface area contributed by atoms with E-state index >= 15 is 0 Å². The van der Waals surface area contributed by atoms with Gasteiger partial charge in [-0.05, 0) is 58.7 Å². The molecular formula is C15H10BrFN2. The smallest absolute Gasteiger partial charge is 0.137 e. The van der Waals surface area contributed by atoms with Crippen LogP contribution in [0.25, 0.3) is 16.9 Å². The van der Waals surface area contributed by atoms with E-state index in [1.807, 2.05) is 18.2 Å². The number of aromatic nitrogens is 2. The molecule has 1 aliphatic rings. The second-order valence-electron chi connectivity index (χ2n) is 4.85. The summed E-state index contributed by atoms with van der Waals surface area (Å²) in [5.41, 5.74) is 6.27. The minimum absolute atomic E-state index is 0.184. The summed E-state index contributed by atoms with van der Waals surface area (Å²) in [7, 11) is 0. The third-order valence-electron chi connectivity index (χ3n) is 3.74. The molecule has 0 fully saturated rings. The molecule has 2 heterocycles. The van der Waals surface area contributed by atoms with Crippen molar-refractivity contribution in [2.45, 2.75) is 13.3 Å². The molecule has 0 spiro atoms. The summed E-state index contributed by atoms with van der Waals surface area (Å²) in [6, 6.07) is 8.95. The molecule has 0 amide bonds. The maximum atomic E-state index is 13.3. The van der Waals surface area contributed by atoms with Gasteiger partial charge >= 0.3 is 0 Å². The first-order valence-electron chi connectivity index (χ1n) is 6.10. The zero-order valence-corrected chi connectivity index (χ0v) is 11.8. The molecule has 2 aromatic heterocycles. The summed E-state index contributed by atoms with van der Waals surface area (Å²) in [5.74, 6) is -0.184. The van der Waals surface area contributed by atoms with Gasteiger partial charge in [0.25, 0.3) is 0 Å². The highest BCUT2D eigenvalue weighted by atomic mass is 79.9. The van der Waals surface area contributed by atoms with E-state index in [0.29, 0.717) is 0 Å². The molecule has 94 valence electrons. The van der Waals surface area contributed by atoms with Crippen molar-refractivity contribution in [2.24, 2.45) is 0 Å². The van der Waals surface area contributed by atoms with E-state index in [0.717, 1.165) is 44.7 Å². The van der Waals surface area contributed by atoms with Crippen LogP contribution in [-0.2, 0) is 6.42 Å². The molecule has 2 nitrogen and oxygen atoms in total. The van der Waals surface area contributed by atoms with Gasteiger partial charge in [-0.3, -0.25) is 4.40 Å². The third-order valence-corrected chi connectivity index (χ3v) is 4.58. The summed E-state index contributed by atoms with van der Waals surface area (Å²) in [6.07, 6.45) is 0.737. The molecule has 0 N–H and O–H groups in total. The van der Waals surface area contributed by atoms with E-state index in [2.05, 4.69) is 32.2 Å². The second kappa shape index (κ2) is 3.67. The zero-order chi connectivity index (χ0) is 13.1. The average Bonchev–Trinajstić information content (AvgIpc) is 2.89. The first-order chi connectivity index (χ1) is 9.15. The molecule has 0 bridgehead atoms. The number of rotatable bonds is 0. The van der Waals surface area contributed by atoms with Gasteiger partial charge < -0.3 is 0 Å². The van der Waals surface area contributed by atoms with Crippen molar-refractivity contribution in [3.05, 3.63) is 57.6 Å². The quantitative estimate of drug-likeness (QED) is 0.477. The third kappa shape index (κ3) is 1.43. The molecule has 0 aliphatic heterocycles. The van der Waals surface area contributed by atoms with Gasteiger partial charge in [0, 0.05) is 22.2 Å². The fraction of sp³-hybridized carbons (Fsp3) is 0.133. The van der Waals surface area contributed by atoms with Crippen LogP contribution in [0.3, 0.4) is 0 Å². The molecule has 4 rings (SSSR count). The summed E-state index contributed by atoms with van der Waals surface area (Å²) >= 11 is 3.55. The van der Waals surface area contributed by atoms with Crippen LogP contribution in [0.5, 0.6) is 0 Å². The lowest BCUT2D eigenvalue weighted by molar-refractivity contribution is 0.626. The minimum Gasteiger partial charge on any atom is -0.299 e. The van der Waals surface area contributed by atoms with Crippen molar-refractivity contribution in [3.8, 4) is 11.3 Å². The minimum atomic E-state index is -0.184. The number of fused-ring (bicyclic) bond motifs is 5. The Morgan fingerprint density at radius 3 is 2.95 bits per heavy atom. The van der Waals surface area contributed by atoms with Crippen molar-refractivity contribution in [3.63, 3.8) is 0 Å². The number of benzene rings is 1. The first-order valence-corrected chi connectivity index (χ1v) is 6.89. The largest absolute Gasteiger partial charge is 0.299 e. The second-order valence-corrected chi connectivity index (χ2v) is 5.70. The molecular weight excluding hydrogens is 307 g/mol. The van der Waals surface area contributed by atoms with Gasteiger partial charge in [-0.2, -0.15) is 0 Å². The van der Waals surface area contributed by atoms with Gasteiger partial charge in [-0.1, -0.05) is 0 Å². The Kier molecular flexibility index (Phi) is 2.16. The number of nitrogens with zero attached hydrogens (tertiary/aromatic N) is 2. The Balaban J connectivity index is 2.08. The number of pyridine rings is 1. The molecule has 0 saturated carbocycles. The van der Waals surface area contributed by atoms with Gasteiger partial charge in [0.1, 0.15) is 11.5 Å². The SMILES string of the molecule is Cc1c(Br)ccc2nc3c(n12)Cc1cc(F)ccc1-3. The van der Waals surface area contributed by atoms with E-state index in [-0.39, 0.29) is 5.82 Å². The highest BCUT2D eigenvalue weighted by molar-refractivity contribution is 9.10. The van der Waals surface area contributed by atoms with Gasteiger partial charge in [0.2, 0.25) is 0 Å². The normalized spacial score (nSPS) is 12.8. The Labute approximate surface area is 118 Å². The lowest BCUT2D eigenvalue weighted by atomic mass is 10.1. The number of hydrogen-bond donors (Lipinski definition) is 0. The lowest BCUT2D eigenvalue weighted by Gasteiger charge is -2.05. The van der Waals surface area contributed by atoms with Crippen molar-refractivity contribution < 1.29 is 4.39 Å². The number of aryl methyl sites for hydroxylation is 1. The van der Waals surface area contributed by atoms with Crippen LogP contribution in [-0.4, -0.2) is 9.38 Å². The molecule has 3 aromatic rings. The highest BCUT2D eigenvalue weighted by Crippen LogP contribution is 2.37. The van der Waals surface area contributed by atoms with Crippen LogP contribution < -0.4 is 0 Å². The predicted molar refractivity (Wildman–Crippen MR) is 75.8 cm³/mol. The van der Waals surface area contributed by atoms with Crippen LogP contribution in [0, 0.1) is 12.7 Å². The van der Waals surface area contributed by atoms with Gasteiger partial charge in [-0.25, -0.2) is 9.37 Å². The summed E-state index contributed by atoms with van der Waals surface area (Å²) in [4.78, 5) is 4.69. The molecule has 1 aromatic carbocycles. The maximum Gasteiger partial charge on any atom is 0.137 e. The van der Waals surface area contributed by atoms with Crippen LogP contribution in [0.2, 0.25) is 0 Å². The highest BCUT2D eigenvalue weighted by Gasteiger charge is 2.25. The standard InChI is InChI=1S/C15H10BrFN2/c1-8-12(16)4-5-14-18-15-11-3-2-10(17)6-9(11)7-13(15)19(8)14/h2-6H,7H2,1H3. The van der Waals surface area contributed by atoms with E-state index < -0.39 is 0 Å². The van der Waals surface area contributed by atoms with Crippen molar-refractivity contribution in [1.82, 2.24) is 9.38 Å². The fourth-order valence-corrected chi connectivity index (χ4v) is 3.14. The zero-order valence-electron chi connectivity index (χ0n) is 10.2. The number of imidazole rings is 1. The van der Waals surface area contributed by atoms with Crippen LogP contribution in [0.4, 0.5) is 4.39 Å². The Bertz CT molecular complexity index is 836. The molecule has 0 unspecified atom stereocenters. The Morgan fingerprint density at radius 1 is 1.26 bits per heavy atom. The molecule has 1 aliphatic carbocycles. The van der Waals surface area contributed by atoms with Crippen LogP contribution in [0.1, 0.15) is 17.0 Å². The molecule has 0 atom stereocenters. The maximum absolute atomic E-state index is 13.3. The van der Waals surface area contributed by atoms with Crippen molar-refractivity contribution in [1.29, 1.82) is 0 Å². The van der Waals surface area contributed by atoms with E-state index in [1.165, 1.54) is 6.07 Å². The fourth-order valence-electron chi connectivity index (χ4n) is 2.83. The number of hydrogen-bond acceptors (Lipinski definition) is 1. The number of halogens is 2. The van der Waals surface area contributed by atoms with E-state index in [1.54, 1.807) is 6.07 Å². The first kappa shape index (κ1) is 11.2. The summed E-state index contributed by atoms with van der Waals surface area (Å²) in [6.45, 7) is 2.06. The van der Waals surface area contributed by atoms with Crippen LogP contribution in [0.15, 0.2) is 34.8 Å². The van der Waals surface area contributed by atoms with Crippen molar-refractivity contribution in [2.75, 3.05) is 0 Å². The molecule has 4 heteroatoms. The molecule has 0 radical (unpaired) electrons. The summed E-state index contributed by atoms with van der Waals surface area (Å²) in [5, 5.41) is 0. The Hall–Kier alpha value is -1.68. The summed E-state index contributed by atoms with van der Waals surface area (Å²) < 4.78 is 16.5.